The molecule has 0 atom stereocenters. The van der Waals surface area contributed by atoms with Crippen LogP contribution in [0.3, 0.4) is 0 Å². The molecule has 0 saturated heterocycles. The van der Waals surface area contributed by atoms with Crippen molar-refractivity contribution in [2.45, 2.75) is 26.2 Å². The second-order valence-corrected chi connectivity index (χ2v) is 6.74. The van der Waals surface area contributed by atoms with Crippen LogP contribution >= 0.6 is 33.9 Å². The fourth-order valence-electron chi connectivity index (χ4n) is 1.25. The molecule has 2 rings (SSSR count). The summed E-state index contributed by atoms with van der Waals surface area (Å²) in [4.78, 5) is 22.6. The van der Waals surface area contributed by atoms with Crippen molar-refractivity contribution in [2.75, 3.05) is 5.32 Å². The number of aromatic amines is 1. The van der Waals surface area contributed by atoms with Crippen LogP contribution in [0.1, 0.15) is 26.5 Å². The van der Waals surface area contributed by atoms with E-state index < -0.39 is 0 Å². The van der Waals surface area contributed by atoms with Gasteiger partial charge in [0.05, 0.1) is 12.0 Å². The van der Waals surface area contributed by atoms with Crippen molar-refractivity contribution in [2.24, 2.45) is 0 Å². The van der Waals surface area contributed by atoms with Crippen LogP contribution in [-0.2, 0) is 5.41 Å². The third-order valence-electron chi connectivity index (χ3n) is 2.29. The van der Waals surface area contributed by atoms with Gasteiger partial charge in [0.25, 0.3) is 5.56 Å². The van der Waals surface area contributed by atoms with Gasteiger partial charge in [-0.1, -0.05) is 20.8 Å². The van der Waals surface area contributed by atoms with Crippen LogP contribution in [0, 0.1) is 3.57 Å². The first kappa shape index (κ1) is 13.5. The molecule has 2 heterocycles. The zero-order valence-corrected chi connectivity index (χ0v) is 13.2. The summed E-state index contributed by atoms with van der Waals surface area (Å²) in [6.45, 7) is 6.34. The molecule has 0 spiro atoms. The molecule has 2 N–H and O–H groups in total. The second-order valence-electron chi connectivity index (χ2n) is 4.81. The molecule has 0 saturated carbocycles. The van der Waals surface area contributed by atoms with Gasteiger partial charge < -0.3 is 10.3 Å². The van der Waals surface area contributed by atoms with E-state index >= 15 is 0 Å². The highest BCUT2D eigenvalue weighted by molar-refractivity contribution is 14.1. The maximum Gasteiger partial charge on any atom is 0.266 e. The van der Waals surface area contributed by atoms with Gasteiger partial charge in [-0.3, -0.25) is 4.79 Å². The van der Waals surface area contributed by atoms with Gasteiger partial charge in [0.15, 0.2) is 10.9 Å². The Bertz CT molecular complexity index is 614. The number of H-pyrrole nitrogens is 1. The molecule has 5 nitrogen and oxygen atoms in total. The van der Waals surface area contributed by atoms with E-state index in [0.29, 0.717) is 9.39 Å². The van der Waals surface area contributed by atoms with E-state index in [2.05, 4.69) is 41.0 Å². The fourth-order valence-corrected chi connectivity index (χ4v) is 2.61. The fraction of sp³-hybridized carbons (Fsp3) is 0.364. The number of nitrogens with one attached hydrogen (secondary N) is 2. The third-order valence-corrected chi connectivity index (χ3v) is 4.05. The number of anilines is 2. The van der Waals surface area contributed by atoms with E-state index in [9.17, 15) is 4.79 Å². The van der Waals surface area contributed by atoms with Crippen molar-refractivity contribution < 1.29 is 0 Å². The van der Waals surface area contributed by atoms with Gasteiger partial charge in [-0.25, -0.2) is 9.97 Å². The molecule has 0 bridgehead atoms. The van der Waals surface area contributed by atoms with Gasteiger partial charge in [-0.15, -0.1) is 11.3 Å². The molecule has 2 aromatic heterocycles. The quantitative estimate of drug-likeness (QED) is 0.791. The van der Waals surface area contributed by atoms with Gasteiger partial charge in [0.2, 0.25) is 0 Å². The molecule has 0 aromatic carbocycles. The molecular formula is C11H13IN4OS. The molecule has 2 aromatic rings. The summed E-state index contributed by atoms with van der Waals surface area (Å²) >= 11 is 3.47. The highest BCUT2D eigenvalue weighted by Gasteiger charge is 2.18. The molecule has 0 unspecified atom stereocenters. The predicted molar refractivity (Wildman–Crippen MR) is 81.7 cm³/mol. The molecule has 0 radical (unpaired) electrons. The van der Waals surface area contributed by atoms with Gasteiger partial charge >= 0.3 is 0 Å². The minimum absolute atomic E-state index is 0.0190. The summed E-state index contributed by atoms with van der Waals surface area (Å²) in [6, 6.07) is 0. The SMILES string of the molecule is CC(C)(C)c1csc(Nc2nc[nH]c(=O)c2I)n1. The largest absolute Gasteiger partial charge is 0.315 e. The summed E-state index contributed by atoms with van der Waals surface area (Å²) in [5.41, 5.74) is 0.890. The number of aromatic nitrogens is 3. The van der Waals surface area contributed by atoms with Gasteiger partial charge in [-0.05, 0) is 22.6 Å². The van der Waals surface area contributed by atoms with Crippen molar-refractivity contribution in [1.82, 2.24) is 15.0 Å². The Labute approximate surface area is 122 Å². The molecule has 0 aliphatic rings. The van der Waals surface area contributed by atoms with Crippen LogP contribution in [-0.4, -0.2) is 15.0 Å². The van der Waals surface area contributed by atoms with E-state index in [-0.39, 0.29) is 11.0 Å². The maximum absolute atomic E-state index is 11.4. The number of halogens is 1. The Morgan fingerprint density at radius 1 is 1.44 bits per heavy atom. The average Bonchev–Trinajstić information content (AvgIpc) is 2.73. The molecule has 18 heavy (non-hydrogen) atoms. The van der Waals surface area contributed by atoms with E-state index in [1.165, 1.54) is 17.7 Å². The molecule has 0 aliphatic carbocycles. The summed E-state index contributed by atoms with van der Waals surface area (Å²) < 4.78 is 0.530. The minimum Gasteiger partial charge on any atom is -0.315 e. The molecular weight excluding hydrogens is 363 g/mol. The van der Waals surface area contributed by atoms with E-state index in [1.54, 1.807) is 0 Å². The predicted octanol–water partition coefficient (Wildman–Crippen LogP) is 2.87. The highest BCUT2D eigenvalue weighted by atomic mass is 127. The number of thiazole rings is 1. The standard InChI is InChI=1S/C11H13IN4OS/c1-11(2,3)6-4-18-10(15-6)16-8-7(12)9(17)14-5-13-8/h4-5H,1-3H3,(H2,13,14,15,16,17). The number of hydrogen-bond donors (Lipinski definition) is 2. The van der Waals surface area contributed by atoms with Crippen LogP contribution in [0.4, 0.5) is 10.9 Å². The maximum atomic E-state index is 11.4. The van der Waals surface area contributed by atoms with Crippen molar-refractivity contribution in [3.63, 3.8) is 0 Å². The second kappa shape index (κ2) is 4.96. The summed E-state index contributed by atoms with van der Waals surface area (Å²) in [5, 5.41) is 5.84. The number of rotatable bonds is 2. The van der Waals surface area contributed by atoms with Crippen molar-refractivity contribution in [1.29, 1.82) is 0 Å². The van der Waals surface area contributed by atoms with E-state index in [1.807, 2.05) is 28.0 Å². The van der Waals surface area contributed by atoms with Crippen LogP contribution in [0.5, 0.6) is 0 Å². The summed E-state index contributed by atoms with van der Waals surface area (Å²) in [6.07, 6.45) is 1.38. The first-order valence-corrected chi connectivity index (χ1v) is 7.30. The molecule has 96 valence electrons. The van der Waals surface area contributed by atoms with Crippen LogP contribution in [0.25, 0.3) is 0 Å². The molecule has 0 aliphatic heterocycles. The molecule has 0 amide bonds. The zero-order chi connectivity index (χ0) is 13.3. The average molecular weight is 376 g/mol. The lowest BCUT2D eigenvalue weighted by Crippen LogP contribution is -2.13. The Hall–Kier alpha value is -0.960. The van der Waals surface area contributed by atoms with Crippen molar-refractivity contribution in [3.8, 4) is 0 Å². The monoisotopic (exact) mass is 376 g/mol. The van der Waals surface area contributed by atoms with Crippen LogP contribution < -0.4 is 10.9 Å². The molecule has 7 heteroatoms. The Balaban J connectivity index is 2.27. The van der Waals surface area contributed by atoms with Crippen molar-refractivity contribution in [3.05, 3.63) is 31.3 Å². The van der Waals surface area contributed by atoms with Crippen LogP contribution in [0.2, 0.25) is 0 Å². The minimum atomic E-state index is -0.152. The number of nitrogens with zero attached hydrogens (tertiary/aromatic N) is 2. The highest BCUT2D eigenvalue weighted by Crippen LogP contribution is 2.28. The third kappa shape index (κ3) is 2.89. The zero-order valence-electron chi connectivity index (χ0n) is 10.2. The Kier molecular flexibility index (Phi) is 3.71. The normalized spacial score (nSPS) is 11.6. The van der Waals surface area contributed by atoms with Gasteiger partial charge in [0, 0.05) is 10.8 Å². The smallest absolute Gasteiger partial charge is 0.266 e. The van der Waals surface area contributed by atoms with E-state index in [4.69, 9.17) is 0 Å². The lowest BCUT2D eigenvalue weighted by molar-refractivity contribution is 0.573. The Morgan fingerprint density at radius 2 is 2.17 bits per heavy atom. The lowest BCUT2D eigenvalue weighted by Gasteiger charge is -2.14. The van der Waals surface area contributed by atoms with Crippen molar-refractivity contribution >= 4 is 44.9 Å². The summed E-state index contributed by atoms with van der Waals surface area (Å²) in [5.74, 6) is 0.536. The first-order chi connectivity index (χ1) is 8.38. The first-order valence-electron chi connectivity index (χ1n) is 5.34. The van der Waals surface area contributed by atoms with Gasteiger partial charge in [-0.2, -0.15) is 0 Å². The molecule has 0 fully saturated rings. The summed E-state index contributed by atoms with van der Waals surface area (Å²) in [7, 11) is 0. The topological polar surface area (TPSA) is 70.7 Å². The number of hydrogen-bond acceptors (Lipinski definition) is 5. The Morgan fingerprint density at radius 3 is 2.78 bits per heavy atom. The lowest BCUT2D eigenvalue weighted by atomic mass is 9.93. The van der Waals surface area contributed by atoms with E-state index in [0.717, 1.165) is 10.8 Å². The van der Waals surface area contributed by atoms with Crippen LogP contribution in [0.15, 0.2) is 16.5 Å². The van der Waals surface area contributed by atoms with Gasteiger partial charge in [0.1, 0.15) is 3.57 Å².